The molecular weight excluding hydrogens is 820 g/mol. The van der Waals surface area contributed by atoms with Crippen LogP contribution in [-0.4, -0.2) is 95.3 Å². The molecule has 4 heterocycles. The molecule has 0 saturated carbocycles. The van der Waals surface area contributed by atoms with Gasteiger partial charge in [-0.05, 0) is 73.9 Å². The number of benzene rings is 4. The maximum absolute atomic E-state index is 13.0. The second-order valence-electron chi connectivity index (χ2n) is 12.5. The van der Waals surface area contributed by atoms with Gasteiger partial charge in [-0.2, -0.15) is 17.5 Å². The standard InChI is InChI=1S/C18H17ClN4O3S2.C17H16N4O4S2.CH4/c19-12-7-8-14(13(11-12)18(24)23-9-2-1-3-10-23)22-28(25,26)16-6-4-5-15-17(16)21-27-20-15;22-17(21-8-10-25-11-9-21)12-4-1-2-5-13(12)20-27(23,24)15-7-3-6-14-16(15)19-26-18-14;/h4-8,11,22H,1-3,9-10H2;1-7,20H,8-11H2;1H4. The SMILES string of the molecule is C.O=C(c1cc(Cl)ccc1NS(=O)(=O)c1cccc2nsnc12)N1CCCCC1.O=C(c1ccccc1NS(=O)(=O)c1cccc2nsnc12)N1CCOCC1. The highest BCUT2D eigenvalue weighted by Crippen LogP contribution is 2.29. The van der Waals surface area contributed by atoms with E-state index in [0.29, 0.717) is 72.0 Å². The van der Waals surface area contributed by atoms with Gasteiger partial charge in [0.15, 0.2) is 0 Å². The number of carbonyl (C=O) groups excluding carboxylic acids is 2. The van der Waals surface area contributed by atoms with Crippen LogP contribution < -0.4 is 9.44 Å². The van der Waals surface area contributed by atoms with Crippen molar-refractivity contribution in [3.8, 4) is 0 Å². The number of rotatable bonds is 8. The summed E-state index contributed by atoms with van der Waals surface area (Å²) >= 11 is 7.99. The van der Waals surface area contributed by atoms with Crippen LogP contribution in [0.25, 0.3) is 22.1 Å². The Morgan fingerprint density at radius 1 is 0.625 bits per heavy atom. The number of ether oxygens (including phenoxy) is 1. The lowest BCUT2D eigenvalue weighted by molar-refractivity contribution is 0.0303. The van der Waals surface area contributed by atoms with Crippen molar-refractivity contribution >= 4 is 100 Å². The zero-order chi connectivity index (χ0) is 38.6. The number of amides is 2. The van der Waals surface area contributed by atoms with Gasteiger partial charge in [0.25, 0.3) is 31.9 Å². The number of halogens is 1. The molecule has 2 aliphatic rings. The molecule has 0 bridgehead atoms. The molecule has 2 N–H and O–H groups in total. The highest BCUT2D eigenvalue weighted by Gasteiger charge is 2.27. The number of sulfonamides is 2. The Kier molecular flexibility index (Phi) is 12.8. The smallest absolute Gasteiger partial charge is 0.264 e. The normalized spacial score (nSPS) is 14.7. The van der Waals surface area contributed by atoms with Crippen LogP contribution in [0.15, 0.2) is 88.7 Å². The quantitative estimate of drug-likeness (QED) is 0.173. The second-order valence-corrected chi connectivity index (χ2v) is 17.3. The number of piperidine rings is 1. The second kappa shape index (κ2) is 17.6. The Morgan fingerprint density at radius 2 is 1.14 bits per heavy atom. The van der Waals surface area contributed by atoms with E-state index in [1.165, 1.54) is 24.3 Å². The van der Waals surface area contributed by atoms with Gasteiger partial charge in [-0.3, -0.25) is 19.0 Å². The highest BCUT2D eigenvalue weighted by molar-refractivity contribution is 7.93. The summed E-state index contributed by atoms with van der Waals surface area (Å²) in [5, 5.41) is 0.370. The number of anilines is 2. The molecular formula is C36H37ClN8O7S4. The van der Waals surface area contributed by atoms with E-state index in [1.807, 2.05) is 0 Å². The average molecular weight is 857 g/mol. The number of carbonyl (C=O) groups is 2. The predicted octanol–water partition coefficient (Wildman–Crippen LogP) is 6.37. The maximum Gasteiger partial charge on any atom is 0.264 e. The van der Waals surface area contributed by atoms with Crippen LogP contribution in [0.4, 0.5) is 11.4 Å². The molecule has 15 nitrogen and oxygen atoms in total. The molecule has 2 fully saturated rings. The third kappa shape index (κ3) is 8.92. The summed E-state index contributed by atoms with van der Waals surface area (Å²) in [5.41, 5.74) is 2.60. The van der Waals surface area contributed by atoms with Crippen LogP contribution in [0.3, 0.4) is 0 Å². The van der Waals surface area contributed by atoms with Crippen molar-refractivity contribution in [1.82, 2.24) is 27.3 Å². The number of hydrogen-bond acceptors (Lipinski definition) is 13. The monoisotopic (exact) mass is 856 g/mol. The van der Waals surface area contributed by atoms with E-state index >= 15 is 0 Å². The molecule has 4 aromatic carbocycles. The number of aromatic nitrogens is 4. The zero-order valence-electron chi connectivity index (χ0n) is 28.9. The predicted molar refractivity (Wildman–Crippen MR) is 218 cm³/mol. The molecule has 2 aromatic heterocycles. The van der Waals surface area contributed by atoms with Gasteiger partial charge in [0.1, 0.15) is 31.9 Å². The molecule has 0 atom stereocenters. The molecule has 8 rings (SSSR count). The zero-order valence-corrected chi connectivity index (χ0v) is 32.9. The van der Waals surface area contributed by atoms with E-state index in [2.05, 4.69) is 26.9 Å². The topological polar surface area (TPSA) is 194 Å². The van der Waals surface area contributed by atoms with E-state index in [1.54, 1.807) is 64.4 Å². The number of nitrogens with zero attached hydrogens (tertiary/aromatic N) is 6. The number of fused-ring (bicyclic) bond motifs is 2. The molecule has 294 valence electrons. The third-order valence-electron chi connectivity index (χ3n) is 8.88. The van der Waals surface area contributed by atoms with Crippen LogP contribution >= 0.6 is 35.1 Å². The first-order chi connectivity index (χ1) is 26.5. The van der Waals surface area contributed by atoms with Crippen molar-refractivity contribution in [2.24, 2.45) is 0 Å². The van der Waals surface area contributed by atoms with Crippen LogP contribution in [0, 0.1) is 0 Å². The minimum atomic E-state index is -3.97. The lowest BCUT2D eigenvalue weighted by Gasteiger charge is -2.27. The van der Waals surface area contributed by atoms with E-state index in [9.17, 15) is 26.4 Å². The van der Waals surface area contributed by atoms with E-state index in [-0.39, 0.29) is 46.0 Å². The molecule has 2 saturated heterocycles. The number of likely N-dealkylation sites (tertiary alicyclic amines) is 1. The van der Waals surface area contributed by atoms with Gasteiger partial charge in [-0.15, -0.1) is 0 Å². The molecule has 2 aliphatic heterocycles. The summed E-state index contributed by atoms with van der Waals surface area (Å²) in [5.74, 6) is -0.460. The van der Waals surface area contributed by atoms with E-state index in [0.717, 1.165) is 42.7 Å². The molecule has 0 aliphatic carbocycles. The van der Waals surface area contributed by atoms with Gasteiger partial charge in [-0.25, -0.2) is 16.8 Å². The van der Waals surface area contributed by atoms with Gasteiger partial charge in [0.2, 0.25) is 0 Å². The van der Waals surface area contributed by atoms with Gasteiger partial charge in [-0.1, -0.05) is 43.3 Å². The van der Waals surface area contributed by atoms with Gasteiger partial charge in [0, 0.05) is 31.2 Å². The summed E-state index contributed by atoms with van der Waals surface area (Å²) in [6.45, 7) is 3.20. The highest BCUT2D eigenvalue weighted by atomic mass is 35.5. The number of para-hydroxylation sites is 1. The number of hydrogen-bond donors (Lipinski definition) is 2. The minimum Gasteiger partial charge on any atom is -0.378 e. The van der Waals surface area contributed by atoms with Crippen molar-refractivity contribution in [1.29, 1.82) is 0 Å². The molecule has 0 radical (unpaired) electrons. The molecule has 0 spiro atoms. The van der Waals surface area contributed by atoms with Gasteiger partial charge >= 0.3 is 0 Å². The fourth-order valence-corrected chi connectivity index (χ4v) is 10.0. The fraction of sp³-hybridized carbons (Fsp3) is 0.278. The molecule has 0 unspecified atom stereocenters. The Hall–Kier alpha value is -4.79. The van der Waals surface area contributed by atoms with Crippen LogP contribution in [-0.2, 0) is 24.8 Å². The summed E-state index contributed by atoms with van der Waals surface area (Å²) < 4.78 is 78.6. The third-order valence-corrected chi connectivity index (χ3v) is 13.0. The van der Waals surface area contributed by atoms with Crippen LogP contribution in [0.1, 0.15) is 47.4 Å². The van der Waals surface area contributed by atoms with Crippen molar-refractivity contribution in [3.05, 3.63) is 95.0 Å². The summed E-state index contributed by atoms with van der Waals surface area (Å²) in [4.78, 5) is 29.2. The maximum atomic E-state index is 13.0. The van der Waals surface area contributed by atoms with Crippen molar-refractivity contribution in [2.75, 3.05) is 48.8 Å². The molecule has 56 heavy (non-hydrogen) atoms. The fourth-order valence-electron chi connectivity index (χ4n) is 6.14. The first kappa shape index (κ1) is 40.9. The van der Waals surface area contributed by atoms with E-state index in [4.69, 9.17) is 16.3 Å². The summed E-state index contributed by atoms with van der Waals surface area (Å²) in [6.07, 6.45) is 2.96. The molecule has 20 heteroatoms. The van der Waals surface area contributed by atoms with Crippen molar-refractivity contribution in [2.45, 2.75) is 36.5 Å². The van der Waals surface area contributed by atoms with Crippen LogP contribution in [0.2, 0.25) is 5.02 Å². The van der Waals surface area contributed by atoms with E-state index < -0.39 is 20.0 Å². The lowest BCUT2D eigenvalue weighted by Crippen LogP contribution is -2.41. The number of nitrogens with one attached hydrogen (secondary N) is 2. The van der Waals surface area contributed by atoms with Gasteiger partial charge < -0.3 is 14.5 Å². The first-order valence-electron chi connectivity index (χ1n) is 17.0. The Morgan fingerprint density at radius 3 is 1.73 bits per heavy atom. The average Bonchev–Trinajstić information content (AvgIpc) is 3.89. The van der Waals surface area contributed by atoms with Gasteiger partial charge in [0.05, 0.1) is 59.2 Å². The molecule has 6 aromatic rings. The van der Waals surface area contributed by atoms with Crippen molar-refractivity contribution < 1.29 is 31.2 Å². The first-order valence-corrected chi connectivity index (χ1v) is 21.9. The van der Waals surface area contributed by atoms with Crippen LogP contribution in [0.5, 0.6) is 0 Å². The van der Waals surface area contributed by atoms with Crippen molar-refractivity contribution in [3.63, 3.8) is 0 Å². The molecule has 2 amide bonds. The number of morpholine rings is 1. The summed E-state index contributed by atoms with van der Waals surface area (Å²) in [7, 11) is -7.91. The lowest BCUT2D eigenvalue weighted by atomic mass is 10.1. The Bertz CT molecular complexity index is 2590. The Balaban J connectivity index is 0.000000187. The summed E-state index contributed by atoms with van der Waals surface area (Å²) in [6, 6.07) is 20.7. The Labute approximate surface area is 337 Å². The minimum absolute atomic E-state index is 0. The largest absolute Gasteiger partial charge is 0.378 e.